The molecule has 0 aromatic heterocycles. The second kappa shape index (κ2) is 6.28. The van der Waals surface area contributed by atoms with E-state index < -0.39 is 5.91 Å². The maximum absolute atomic E-state index is 10.7. The summed E-state index contributed by atoms with van der Waals surface area (Å²) in [4.78, 5) is 12.8. The van der Waals surface area contributed by atoms with Crippen molar-refractivity contribution >= 4 is 40.9 Å². The van der Waals surface area contributed by atoms with Crippen molar-refractivity contribution in [1.29, 1.82) is 0 Å². The number of anilines is 1. The Morgan fingerprint density at radius 1 is 1.26 bits per heavy atom. The van der Waals surface area contributed by atoms with Gasteiger partial charge in [-0.25, -0.2) is 0 Å². The Morgan fingerprint density at radius 3 is 2.37 bits per heavy atom. The molecule has 4 nitrogen and oxygen atoms in total. The van der Waals surface area contributed by atoms with Gasteiger partial charge in [-0.05, 0) is 23.8 Å². The number of ether oxygens (including phenoxy) is 1. The molecule has 0 atom stereocenters. The first kappa shape index (κ1) is 14.2. The standard InChI is InChI=1S/C13H14Cl2N2O2/c14-10-7-9(1-2-12(16)18)8-11(15)13(10)17-3-5-19-6-4-17/h1-2,7-8H,3-6H2,(H2,16,18)/b2-1-. The fraction of sp³-hybridized carbons (Fsp3) is 0.308. The number of hydrogen-bond donors (Lipinski definition) is 1. The molecular formula is C13H14Cl2N2O2. The van der Waals surface area contributed by atoms with Gasteiger partial charge in [0, 0.05) is 19.2 Å². The minimum Gasteiger partial charge on any atom is -0.378 e. The molecular weight excluding hydrogens is 287 g/mol. The van der Waals surface area contributed by atoms with E-state index in [0.717, 1.165) is 24.3 Å². The number of carbonyl (C=O) groups excluding carboxylic acids is 1. The largest absolute Gasteiger partial charge is 0.378 e. The van der Waals surface area contributed by atoms with Crippen LogP contribution in [-0.4, -0.2) is 32.2 Å². The zero-order chi connectivity index (χ0) is 13.8. The van der Waals surface area contributed by atoms with Crippen molar-refractivity contribution in [3.63, 3.8) is 0 Å². The zero-order valence-electron chi connectivity index (χ0n) is 10.2. The Kier molecular flexibility index (Phi) is 4.69. The van der Waals surface area contributed by atoms with Crippen LogP contribution in [0.4, 0.5) is 5.69 Å². The number of primary amides is 1. The second-order valence-electron chi connectivity index (χ2n) is 4.17. The summed E-state index contributed by atoms with van der Waals surface area (Å²) in [5.74, 6) is -0.510. The molecule has 0 aliphatic carbocycles. The van der Waals surface area contributed by atoms with Crippen LogP contribution in [0, 0.1) is 0 Å². The minimum atomic E-state index is -0.510. The van der Waals surface area contributed by atoms with Crippen molar-refractivity contribution in [3.8, 4) is 0 Å². The lowest BCUT2D eigenvalue weighted by atomic mass is 10.1. The van der Waals surface area contributed by atoms with Gasteiger partial charge in [0.15, 0.2) is 0 Å². The van der Waals surface area contributed by atoms with Crippen LogP contribution in [0.5, 0.6) is 0 Å². The zero-order valence-corrected chi connectivity index (χ0v) is 11.7. The van der Waals surface area contributed by atoms with Crippen LogP contribution in [0.2, 0.25) is 10.0 Å². The van der Waals surface area contributed by atoms with Crippen molar-refractivity contribution < 1.29 is 9.53 Å². The fourth-order valence-electron chi connectivity index (χ4n) is 1.95. The quantitative estimate of drug-likeness (QED) is 0.872. The first-order chi connectivity index (χ1) is 9.08. The molecule has 0 saturated carbocycles. The molecule has 19 heavy (non-hydrogen) atoms. The molecule has 1 aliphatic heterocycles. The Labute approximate surface area is 121 Å². The van der Waals surface area contributed by atoms with Gasteiger partial charge in [-0.3, -0.25) is 4.79 Å². The minimum absolute atomic E-state index is 0.510. The van der Waals surface area contributed by atoms with Crippen molar-refractivity contribution in [2.45, 2.75) is 0 Å². The van der Waals surface area contributed by atoms with E-state index in [1.165, 1.54) is 6.08 Å². The Bertz CT molecular complexity index is 488. The van der Waals surface area contributed by atoms with Gasteiger partial charge in [-0.15, -0.1) is 0 Å². The summed E-state index contributed by atoms with van der Waals surface area (Å²) in [6.07, 6.45) is 2.86. The highest BCUT2D eigenvalue weighted by atomic mass is 35.5. The van der Waals surface area contributed by atoms with Crippen LogP contribution < -0.4 is 10.6 Å². The van der Waals surface area contributed by atoms with Crippen molar-refractivity contribution in [2.75, 3.05) is 31.2 Å². The van der Waals surface area contributed by atoms with E-state index in [2.05, 4.69) is 4.90 Å². The highest BCUT2D eigenvalue weighted by Crippen LogP contribution is 2.35. The lowest BCUT2D eigenvalue weighted by Crippen LogP contribution is -2.36. The highest BCUT2D eigenvalue weighted by Gasteiger charge is 2.17. The summed E-state index contributed by atoms with van der Waals surface area (Å²) >= 11 is 12.5. The fourth-order valence-corrected chi connectivity index (χ4v) is 2.69. The van der Waals surface area contributed by atoms with E-state index in [4.69, 9.17) is 33.7 Å². The number of benzene rings is 1. The van der Waals surface area contributed by atoms with E-state index >= 15 is 0 Å². The highest BCUT2D eigenvalue weighted by molar-refractivity contribution is 6.39. The molecule has 0 spiro atoms. The summed E-state index contributed by atoms with van der Waals surface area (Å²) < 4.78 is 5.30. The predicted octanol–water partition coefficient (Wildman–Crippen LogP) is 2.33. The molecule has 2 rings (SSSR count). The van der Waals surface area contributed by atoms with Crippen LogP contribution in [-0.2, 0) is 9.53 Å². The predicted molar refractivity (Wildman–Crippen MR) is 77.7 cm³/mol. The van der Waals surface area contributed by atoms with Gasteiger partial charge in [-0.1, -0.05) is 23.2 Å². The summed E-state index contributed by atoms with van der Waals surface area (Å²) in [6.45, 7) is 2.85. The topological polar surface area (TPSA) is 55.6 Å². The number of nitrogens with two attached hydrogens (primary N) is 1. The van der Waals surface area contributed by atoms with Gasteiger partial charge >= 0.3 is 0 Å². The van der Waals surface area contributed by atoms with Gasteiger partial charge < -0.3 is 15.4 Å². The van der Waals surface area contributed by atoms with Crippen LogP contribution in [0.1, 0.15) is 5.56 Å². The van der Waals surface area contributed by atoms with Crippen molar-refractivity contribution in [2.24, 2.45) is 5.73 Å². The number of amides is 1. The number of halogens is 2. The molecule has 1 fully saturated rings. The average molecular weight is 301 g/mol. The van der Waals surface area contributed by atoms with Gasteiger partial charge in [0.1, 0.15) is 0 Å². The molecule has 0 unspecified atom stereocenters. The van der Waals surface area contributed by atoms with Crippen LogP contribution in [0.25, 0.3) is 6.08 Å². The molecule has 1 amide bonds. The van der Waals surface area contributed by atoms with Crippen LogP contribution in [0.3, 0.4) is 0 Å². The maximum atomic E-state index is 10.7. The molecule has 1 aromatic carbocycles. The molecule has 0 bridgehead atoms. The molecule has 1 heterocycles. The Morgan fingerprint density at radius 2 is 1.84 bits per heavy atom. The molecule has 2 N–H and O–H groups in total. The van der Waals surface area contributed by atoms with Crippen molar-refractivity contribution in [3.05, 3.63) is 33.8 Å². The number of rotatable bonds is 3. The van der Waals surface area contributed by atoms with E-state index in [1.54, 1.807) is 18.2 Å². The Balaban J connectivity index is 2.28. The number of hydrogen-bond acceptors (Lipinski definition) is 3. The first-order valence-corrected chi connectivity index (χ1v) is 6.63. The molecule has 1 aromatic rings. The van der Waals surface area contributed by atoms with E-state index in [0.29, 0.717) is 23.3 Å². The van der Waals surface area contributed by atoms with Crippen LogP contribution >= 0.6 is 23.2 Å². The van der Waals surface area contributed by atoms with Gasteiger partial charge in [0.05, 0.1) is 28.9 Å². The summed E-state index contributed by atoms with van der Waals surface area (Å²) in [6, 6.07) is 3.52. The Hall–Kier alpha value is -1.23. The molecule has 1 aliphatic rings. The second-order valence-corrected chi connectivity index (χ2v) is 4.98. The molecule has 1 saturated heterocycles. The monoisotopic (exact) mass is 300 g/mol. The summed E-state index contributed by atoms with van der Waals surface area (Å²) in [5.41, 5.74) is 6.60. The molecule has 102 valence electrons. The summed E-state index contributed by atoms with van der Waals surface area (Å²) in [7, 11) is 0. The number of morpholine rings is 1. The first-order valence-electron chi connectivity index (χ1n) is 5.87. The third kappa shape index (κ3) is 3.62. The average Bonchev–Trinajstić information content (AvgIpc) is 2.37. The smallest absolute Gasteiger partial charge is 0.241 e. The van der Waals surface area contributed by atoms with Gasteiger partial charge in [0.2, 0.25) is 5.91 Å². The third-order valence-electron chi connectivity index (χ3n) is 2.81. The number of nitrogens with zero attached hydrogens (tertiary/aromatic N) is 1. The molecule has 6 heteroatoms. The van der Waals surface area contributed by atoms with E-state index in [9.17, 15) is 4.79 Å². The van der Waals surface area contributed by atoms with E-state index in [1.807, 2.05) is 0 Å². The lowest BCUT2D eigenvalue weighted by molar-refractivity contribution is -0.113. The van der Waals surface area contributed by atoms with Crippen LogP contribution in [0.15, 0.2) is 18.2 Å². The summed E-state index contributed by atoms with van der Waals surface area (Å²) in [5, 5.41) is 1.11. The van der Waals surface area contributed by atoms with Gasteiger partial charge in [0.25, 0.3) is 0 Å². The lowest BCUT2D eigenvalue weighted by Gasteiger charge is -2.30. The maximum Gasteiger partial charge on any atom is 0.241 e. The van der Waals surface area contributed by atoms with Crippen molar-refractivity contribution in [1.82, 2.24) is 0 Å². The third-order valence-corrected chi connectivity index (χ3v) is 3.38. The van der Waals surface area contributed by atoms with E-state index in [-0.39, 0.29) is 0 Å². The number of carbonyl (C=O) groups is 1. The normalized spacial score (nSPS) is 16.0. The SMILES string of the molecule is NC(=O)/C=C\c1cc(Cl)c(N2CCOCC2)c(Cl)c1. The van der Waals surface area contributed by atoms with Gasteiger partial charge in [-0.2, -0.15) is 0 Å². The molecule has 0 radical (unpaired) electrons.